The van der Waals surface area contributed by atoms with Crippen molar-refractivity contribution in [1.29, 1.82) is 0 Å². The molecule has 2 N–H and O–H groups in total. The molecule has 0 aromatic heterocycles. The Morgan fingerprint density at radius 1 is 1.09 bits per heavy atom. The predicted molar refractivity (Wildman–Crippen MR) is 87.6 cm³/mol. The first kappa shape index (κ1) is 20.6. The zero-order valence-corrected chi connectivity index (χ0v) is 14.2. The van der Waals surface area contributed by atoms with Gasteiger partial charge in [0.25, 0.3) is 0 Å². The van der Waals surface area contributed by atoms with Gasteiger partial charge in [-0.1, -0.05) is 51.7 Å². The molecular weight excluding hydrogens is 282 g/mol. The number of carbonyl (C=O) groups excluding carboxylic acids is 1. The Morgan fingerprint density at radius 3 is 2.23 bits per heavy atom. The lowest BCUT2D eigenvalue weighted by molar-refractivity contribution is -0.159. The van der Waals surface area contributed by atoms with Crippen LogP contribution in [0.15, 0.2) is 12.2 Å². The fourth-order valence-corrected chi connectivity index (χ4v) is 2.47. The number of allylic oxidation sites excluding steroid dienone is 1. The summed E-state index contributed by atoms with van der Waals surface area (Å²) in [6.45, 7) is 3.83. The van der Waals surface area contributed by atoms with Gasteiger partial charge in [-0.15, -0.1) is 0 Å². The summed E-state index contributed by atoms with van der Waals surface area (Å²) >= 11 is 0. The first-order chi connectivity index (χ1) is 10.5. The molecular formula is C17H31NO4. The van der Waals surface area contributed by atoms with Crippen molar-refractivity contribution < 1.29 is 19.8 Å². The number of rotatable bonds is 12. The molecule has 0 heterocycles. The van der Waals surface area contributed by atoms with E-state index in [9.17, 15) is 19.8 Å². The number of nitrogens with zero attached hydrogens (tertiary/aromatic N) is 1. The quantitative estimate of drug-likeness (QED) is 0.429. The zero-order valence-electron chi connectivity index (χ0n) is 14.2. The van der Waals surface area contributed by atoms with E-state index in [4.69, 9.17) is 0 Å². The van der Waals surface area contributed by atoms with Crippen molar-refractivity contribution in [2.24, 2.45) is 0 Å². The normalized spacial score (nSPS) is 14.0. The van der Waals surface area contributed by atoms with Crippen LogP contribution in [-0.4, -0.2) is 46.2 Å². The van der Waals surface area contributed by atoms with E-state index in [2.05, 4.69) is 6.92 Å². The van der Waals surface area contributed by atoms with Crippen molar-refractivity contribution >= 4 is 11.9 Å². The molecule has 0 unspecified atom stereocenters. The molecule has 0 fully saturated rings. The molecule has 1 atom stereocenters. The molecule has 0 aliphatic rings. The van der Waals surface area contributed by atoms with Crippen LogP contribution < -0.4 is 0 Å². The molecule has 0 saturated heterocycles. The van der Waals surface area contributed by atoms with Crippen LogP contribution in [0.2, 0.25) is 0 Å². The Labute approximate surface area is 134 Å². The Balaban J connectivity index is 4.92. The van der Waals surface area contributed by atoms with Crippen molar-refractivity contribution in [3.05, 3.63) is 12.2 Å². The Morgan fingerprint density at radius 2 is 1.73 bits per heavy atom. The minimum absolute atomic E-state index is 0.0596. The first-order valence-electron chi connectivity index (χ1n) is 8.22. The van der Waals surface area contributed by atoms with Crippen molar-refractivity contribution in [2.75, 3.05) is 13.7 Å². The van der Waals surface area contributed by atoms with Gasteiger partial charge in [0.15, 0.2) is 0 Å². The Bertz CT molecular complexity index is 368. The van der Waals surface area contributed by atoms with Crippen LogP contribution in [0, 0.1) is 0 Å². The number of hydrogen-bond acceptors (Lipinski definition) is 3. The van der Waals surface area contributed by atoms with E-state index in [-0.39, 0.29) is 25.4 Å². The molecule has 0 radical (unpaired) electrons. The minimum atomic E-state index is -1.31. The molecule has 0 aliphatic heterocycles. The zero-order chi connectivity index (χ0) is 17.0. The van der Waals surface area contributed by atoms with Gasteiger partial charge in [0.1, 0.15) is 5.54 Å². The molecule has 0 aromatic carbocycles. The van der Waals surface area contributed by atoms with Gasteiger partial charge in [0.2, 0.25) is 5.91 Å². The largest absolute Gasteiger partial charge is 0.479 e. The van der Waals surface area contributed by atoms with E-state index < -0.39 is 11.5 Å². The molecule has 5 nitrogen and oxygen atoms in total. The average Bonchev–Trinajstić information content (AvgIpc) is 2.50. The third-order valence-corrected chi connectivity index (χ3v) is 4.07. The molecule has 22 heavy (non-hydrogen) atoms. The summed E-state index contributed by atoms with van der Waals surface area (Å²) in [6, 6.07) is 0. The summed E-state index contributed by atoms with van der Waals surface area (Å²) in [6.07, 6.45) is 9.07. The minimum Gasteiger partial charge on any atom is -0.479 e. The monoisotopic (exact) mass is 313 g/mol. The molecule has 0 bridgehead atoms. The van der Waals surface area contributed by atoms with E-state index in [1.165, 1.54) is 11.9 Å². The SMILES string of the molecule is CCCC/C=C/CC(=O)N(C)[C@@](CCO)(CCCC)C(=O)O. The highest BCUT2D eigenvalue weighted by atomic mass is 16.4. The molecule has 1 amide bonds. The number of carboxylic acids is 1. The number of hydrogen-bond donors (Lipinski definition) is 2. The average molecular weight is 313 g/mol. The standard InChI is InChI=1S/C17H31NO4/c1-4-6-8-9-10-11-15(20)18(3)17(13-14-19,16(21)22)12-7-5-2/h9-10,19H,4-8,11-14H2,1-3H3,(H,21,22)/b10-9+/t17-/m1/s1. The van der Waals surface area contributed by atoms with Gasteiger partial charge in [0, 0.05) is 26.5 Å². The van der Waals surface area contributed by atoms with Gasteiger partial charge in [-0.3, -0.25) is 4.79 Å². The Kier molecular flexibility index (Phi) is 10.5. The fraction of sp³-hybridized carbons (Fsp3) is 0.765. The number of unbranched alkanes of at least 4 members (excludes halogenated alkanes) is 3. The fourth-order valence-electron chi connectivity index (χ4n) is 2.47. The predicted octanol–water partition coefficient (Wildman–Crippen LogP) is 2.98. The van der Waals surface area contributed by atoms with Crippen molar-refractivity contribution in [1.82, 2.24) is 4.90 Å². The van der Waals surface area contributed by atoms with Crippen LogP contribution in [-0.2, 0) is 9.59 Å². The number of aliphatic hydroxyl groups excluding tert-OH is 1. The highest BCUT2D eigenvalue weighted by molar-refractivity contribution is 5.87. The third-order valence-electron chi connectivity index (χ3n) is 4.07. The molecule has 0 aromatic rings. The number of carbonyl (C=O) groups is 2. The van der Waals surface area contributed by atoms with E-state index in [1.807, 2.05) is 13.0 Å². The highest BCUT2D eigenvalue weighted by Gasteiger charge is 2.43. The molecule has 128 valence electrons. The molecule has 0 spiro atoms. The van der Waals surface area contributed by atoms with Crippen molar-refractivity contribution in [3.8, 4) is 0 Å². The van der Waals surface area contributed by atoms with Crippen LogP contribution in [0.5, 0.6) is 0 Å². The number of likely N-dealkylation sites (N-methyl/N-ethyl adjacent to an activating group) is 1. The number of aliphatic carboxylic acids is 1. The Hall–Kier alpha value is -1.36. The molecule has 0 rings (SSSR count). The molecule has 5 heteroatoms. The van der Waals surface area contributed by atoms with Crippen LogP contribution >= 0.6 is 0 Å². The summed E-state index contributed by atoms with van der Waals surface area (Å²) in [5, 5.41) is 18.9. The first-order valence-corrected chi connectivity index (χ1v) is 8.22. The highest BCUT2D eigenvalue weighted by Crippen LogP contribution is 2.26. The second-order valence-electron chi connectivity index (χ2n) is 5.68. The second kappa shape index (κ2) is 11.2. The van der Waals surface area contributed by atoms with Gasteiger partial charge < -0.3 is 15.1 Å². The lowest BCUT2D eigenvalue weighted by Gasteiger charge is -2.38. The topological polar surface area (TPSA) is 77.8 Å². The van der Waals surface area contributed by atoms with Crippen LogP contribution in [0.3, 0.4) is 0 Å². The van der Waals surface area contributed by atoms with Crippen LogP contribution in [0.1, 0.15) is 65.2 Å². The summed E-state index contributed by atoms with van der Waals surface area (Å²) < 4.78 is 0. The smallest absolute Gasteiger partial charge is 0.329 e. The van der Waals surface area contributed by atoms with Crippen LogP contribution in [0.25, 0.3) is 0 Å². The van der Waals surface area contributed by atoms with Gasteiger partial charge in [-0.05, 0) is 12.8 Å². The molecule has 0 saturated carbocycles. The van der Waals surface area contributed by atoms with E-state index in [0.717, 1.165) is 25.7 Å². The summed E-state index contributed by atoms with van der Waals surface area (Å²) in [5.41, 5.74) is -1.31. The van der Waals surface area contributed by atoms with Gasteiger partial charge >= 0.3 is 5.97 Å². The lowest BCUT2D eigenvalue weighted by Crippen LogP contribution is -2.55. The maximum absolute atomic E-state index is 12.3. The second-order valence-corrected chi connectivity index (χ2v) is 5.68. The van der Waals surface area contributed by atoms with Crippen LogP contribution in [0.4, 0.5) is 0 Å². The van der Waals surface area contributed by atoms with Gasteiger partial charge in [0.05, 0.1) is 0 Å². The van der Waals surface area contributed by atoms with E-state index in [0.29, 0.717) is 12.8 Å². The van der Waals surface area contributed by atoms with Gasteiger partial charge in [-0.25, -0.2) is 4.79 Å². The maximum atomic E-state index is 12.3. The third kappa shape index (κ3) is 6.18. The number of carboxylic acid groups (broad SMARTS) is 1. The number of amides is 1. The van der Waals surface area contributed by atoms with Crippen molar-refractivity contribution in [3.63, 3.8) is 0 Å². The lowest BCUT2D eigenvalue weighted by atomic mass is 9.87. The summed E-state index contributed by atoms with van der Waals surface area (Å²) in [5.74, 6) is -1.26. The molecule has 0 aliphatic carbocycles. The number of aliphatic hydroxyl groups is 1. The summed E-state index contributed by atoms with van der Waals surface area (Å²) in [4.78, 5) is 25.4. The summed E-state index contributed by atoms with van der Waals surface area (Å²) in [7, 11) is 1.53. The maximum Gasteiger partial charge on any atom is 0.329 e. The van der Waals surface area contributed by atoms with E-state index in [1.54, 1.807) is 6.08 Å². The van der Waals surface area contributed by atoms with Crippen molar-refractivity contribution in [2.45, 2.75) is 70.8 Å². The van der Waals surface area contributed by atoms with E-state index >= 15 is 0 Å². The van der Waals surface area contributed by atoms with Gasteiger partial charge in [-0.2, -0.15) is 0 Å².